The summed E-state index contributed by atoms with van der Waals surface area (Å²) in [6.07, 6.45) is 7.71. The van der Waals surface area contributed by atoms with E-state index < -0.39 is 0 Å². The number of hydrogen-bond donors (Lipinski definition) is 3. The minimum Gasteiger partial charge on any atom is -0.396 e. The van der Waals surface area contributed by atoms with Gasteiger partial charge in [-0.25, -0.2) is 4.79 Å². The summed E-state index contributed by atoms with van der Waals surface area (Å²) < 4.78 is 0. The highest BCUT2D eigenvalue weighted by Crippen LogP contribution is 2.24. The molecule has 1 aliphatic rings. The zero-order chi connectivity index (χ0) is 18.1. The van der Waals surface area contributed by atoms with E-state index in [1.165, 1.54) is 5.69 Å². The van der Waals surface area contributed by atoms with Gasteiger partial charge in [0.2, 0.25) is 0 Å². The molecule has 0 radical (unpaired) electrons. The van der Waals surface area contributed by atoms with Gasteiger partial charge in [-0.1, -0.05) is 13.8 Å². The van der Waals surface area contributed by atoms with Crippen LogP contribution in [0.3, 0.4) is 0 Å². The summed E-state index contributed by atoms with van der Waals surface area (Å²) in [5, 5.41) is 14.9. The van der Waals surface area contributed by atoms with Gasteiger partial charge in [-0.15, -0.1) is 0 Å². The zero-order valence-corrected chi connectivity index (χ0v) is 15.5. The van der Waals surface area contributed by atoms with Crippen molar-refractivity contribution in [2.24, 2.45) is 11.3 Å². The molecule has 1 aromatic heterocycles. The number of aromatic nitrogens is 1. The monoisotopic (exact) mass is 348 g/mol. The van der Waals surface area contributed by atoms with Crippen LogP contribution in [0, 0.1) is 11.3 Å². The average molecular weight is 348 g/mol. The number of carbonyl (C=O) groups is 1. The van der Waals surface area contributed by atoms with E-state index in [9.17, 15) is 4.79 Å². The minimum absolute atomic E-state index is 0.0775. The normalized spacial score (nSPS) is 15.9. The predicted octanol–water partition coefficient (Wildman–Crippen LogP) is 2.40. The molecule has 0 aliphatic carbocycles. The van der Waals surface area contributed by atoms with E-state index in [1.807, 2.05) is 26.2 Å². The third kappa shape index (κ3) is 6.90. The van der Waals surface area contributed by atoms with Gasteiger partial charge in [-0.05, 0) is 49.1 Å². The SMILES string of the molecule is CC(C)(CCO)CNC(=O)NCCC1CCN(c2ccncc2)CC1. The number of rotatable bonds is 8. The Bertz CT molecular complexity index is 513. The number of nitrogens with one attached hydrogen (secondary N) is 2. The summed E-state index contributed by atoms with van der Waals surface area (Å²) >= 11 is 0. The molecule has 0 atom stereocenters. The molecule has 0 unspecified atom stereocenters. The van der Waals surface area contributed by atoms with Crippen molar-refractivity contribution in [2.75, 3.05) is 37.7 Å². The zero-order valence-electron chi connectivity index (χ0n) is 15.5. The van der Waals surface area contributed by atoms with E-state index in [0.29, 0.717) is 25.4 Å². The number of piperidine rings is 1. The van der Waals surface area contributed by atoms with Crippen LogP contribution in [-0.4, -0.2) is 48.9 Å². The van der Waals surface area contributed by atoms with Crippen LogP contribution in [0.1, 0.15) is 39.5 Å². The van der Waals surface area contributed by atoms with Gasteiger partial charge >= 0.3 is 6.03 Å². The highest BCUT2D eigenvalue weighted by atomic mass is 16.3. The number of anilines is 1. The number of aliphatic hydroxyl groups excluding tert-OH is 1. The first kappa shape index (κ1) is 19.5. The number of carbonyl (C=O) groups excluding carboxylic acids is 1. The molecule has 1 saturated heterocycles. The molecule has 1 fully saturated rings. The lowest BCUT2D eigenvalue weighted by atomic mass is 9.90. The number of aliphatic hydroxyl groups is 1. The molecule has 0 aromatic carbocycles. The molecule has 2 amide bonds. The van der Waals surface area contributed by atoms with E-state index in [-0.39, 0.29) is 18.1 Å². The molecule has 2 heterocycles. The summed E-state index contributed by atoms with van der Waals surface area (Å²) in [5.41, 5.74) is 1.17. The van der Waals surface area contributed by atoms with Gasteiger partial charge in [0.05, 0.1) is 0 Å². The molecule has 25 heavy (non-hydrogen) atoms. The van der Waals surface area contributed by atoms with Crippen molar-refractivity contribution in [3.63, 3.8) is 0 Å². The largest absolute Gasteiger partial charge is 0.396 e. The molecule has 0 bridgehead atoms. The van der Waals surface area contributed by atoms with Crippen molar-refractivity contribution in [1.29, 1.82) is 0 Å². The third-order valence-corrected chi connectivity index (χ3v) is 5.00. The molecule has 6 nitrogen and oxygen atoms in total. The van der Waals surface area contributed by atoms with Crippen molar-refractivity contribution in [2.45, 2.75) is 39.5 Å². The van der Waals surface area contributed by atoms with Crippen molar-refractivity contribution in [1.82, 2.24) is 15.6 Å². The molecule has 0 spiro atoms. The maximum atomic E-state index is 11.9. The quantitative estimate of drug-likeness (QED) is 0.674. The molecule has 2 rings (SSSR count). The molecule has 1 aliphatic heterocycles. The van der Waals surface area contributed by atoms with E-state index in [2.05, 4.69) is 32.7 Å². The van der Waals surface area contributed by atoms with Crippen LogP contribution in [-0.2, 0) is 0 Å². The van der Waals surface area contributed by atoms with Crippen LogP contribution in [0.5, 0.6) is 0 Å². The van der Waals surface area contributed by atoms with Crippen molar-refractivity contribution in [3.8, 4) is 0 Å². The summed E-state index contributed by atoms with van der Waals surface area (Å²) in [7, 11) is 0. The fourth-order valence-corrected chi connectivity index (χ4v) is 3.20. The van der Waals surface area contributed by atoms with Crippen LogP contribution in [0.2, 0.25) is 0 Å². The molecule has 0 saturated carbocycles. The van der Waals surface area contributed by atoms with Crippen molar-refractivity contribution in [3.05, 3.63) is 24.5 Å². The first-order valence-corrected chi connectivity index (χ1v) is 9.28. The van der Waals surface area contributed by atoms with E-state index >= 15 is 0 Å². The summed E-state index contributed by atoms with van der Waals surface area (Å²) in [4.78, 5) is 18.3. The minimum atomic E-state index is -0.111. The molecular formula is C19H32N4O2. The molecule has 140 valence electrons. The number of amides is 2. The van der Waals surface area contributed by atoms with Crippen molar-refractivity contribution < 1.29 is 9.90 Å². The lowest BCUT2D eigenvalue weighted by molar-refractivity contribution is 0.201. The summed E-state index contributed by atoms with van der Waals surface area (Å²) in [6.45, 7) is 7.65. The van der Waals surface area contributed by atoms with Crippen molar-refractivity contribution >= 4 is 11.7 Å². The molecule has 6 heteroatoms. The van der Waals surface area contributed by atoms with Gasteiger partial charge in [0.1, 0.15) is 0 Å². The number of hydrogen-bond acceptors (Lipinski definition) is 4. The second kappa shape index (κ2) is 9.61. The van der Waals surface area contributed by atoms with Gasteiger partial charge in [-0.2, -0.15) is 0 Å². The third-order valence-electron chi connectivity index (χ3n) is 5.00. The Balaban J connectivity index is 1.59. The van der Waals surface area contributed by atoms with Gasteiger partial charge < -0.3 is 20.6 Å². The van der Waals surface area contributed by atoms with Crippen LogP contribution in [0.25, 0.3) is 0 Å². The van der Waals surface area contributed by atoms with Crippen LogP contribution in [0.4, 0.5) is 10.5 Å². The molecule has 3 N–H and O–H groups in total. The second-order valence-electron chi connectivity index (χ2n) is 7.67. The van der Waals surface area contributed by atoms with Gasteiger partial charge in [0.15, 0.2) is 0 Å². The average Bonchev–Trinajstić information content (AvgIpc) is 2.61. The Labute approximate surface area is 151 Å². The lowest BCUT2D eigenvalue weighted by Gasteiger charge is -2.33. The maximum absolute atomic E-state index is 11.9. The first-order chi connectivity index (χ1) is 12.0. The Kier molecular flexibility index (Phi) is 7.50. The first-order valence-electron chi connectivity index (χ1n) is 9.28. The highest BCUT2D eigenvalue weighted by molar-refractivity contribution is 5.73. The highest BCUT2D eigenvalue weighted by Gasteiger charge is 2.20. The van der Waals surface area contributed by atoms with Gasteiger partial charge in [0, 0.05) is 50.9 Å². The van der Waals surface area contributed by atoms with E-state index in [0.717, 1.165) is 32.4 Å². The van der Waals surface area contributed by atoms with Crippen LogP contribution < -0.4 is 15.5 Å². The van der Waals surface area contributed by atoms with Gasteiger partial charge in [0.25, 0.3) is 0 Å². The Hall–Kier alpha value is -1.82. The maximum Gasteiger partial charge on any atom is 0.314 e. The Morgan fingerprint density at radius 3 is 2.60 bits per heavy atom. The van der Waals surface area contributed by atoms with E-state index in [1.54, 1.807) is 0 Å². The van der Waals surface area contributed by atoms with Crippen LogP contribution >= 0.6 is 0 Å². The summed E-state index contributed by atoms with van der Waals surface area (Å²) in [6, 6.07) is 4.01. The second-order valence-corrected chi connectivity index (χ2v) is 7.67. The number of nitrogens with zero attached hydrogens (tertiary/aromatic N) is 2. The lowest BCUT2D eigenvalue weighted by Crippen LogP contribution is -2.42. The summed E-state index contributed by atoms with van der Waals surface area (Å²) in [5.74, 6) is 0.671. The Morgan fingerprint density at radius 2 is 1.96 bits per heavy atom. The molecular weight excluding hydrogens is 316 g/mol. The molecule has 1 aromatic rings. The fourth-order valence-electron chi connectivity index (χ4n) is 3.20. The number of urea groups is 1. The van der Waals surface area contributed by atoms with Gasteiger partial charge in [-0.3, -0.25) is 4.98 Å². The standard InChI is InChI=1S/C19H32N4O2/c1-19(2,8-14-24)15-22-18(25)21-11-3-16-6-12-23(13-7-16)17-4-9-20-10-5-17/h4-5,9-10,16,24H,3,6-8,11-15H2,1-2H3,(H2,21,22,25). The topological polar surface area (TPSA) is 77.5 Å². The smallest absolute Gasteiger partial charge is 0.314 e. The van der Waals surface area contributed by atoms with E-state index in [4.69, 9.17) is 5.11 Å². The Morgan fingerprint density at radius 1 is 1.28 bits per heavy atom. The van der Waals surface area contributed by atoms with Crippen LogP contribution in [0.15, 0.2) is 24.5 Å². The number of pyridine rings is 1. The predicted molar refractivity (Wildman–Crippen MR) is 101 cm³/mol. The fraction of sp³-hybridized carbons (Fsp3) is 0.684.